The van der Waals surface area contributed by atoms with Gasteiger partial charge in [0.05, 0.1) is 27.8 Å². The Kier molecular flexibility index (Phi) is 6.70. The summed E-state index contributed by atoms with van der Waals surface area (Å²) >= 11 is 3.05. The van der Waals surface area contributed by atoms with Crippen LogP contribution in [0.2, 0.25) is 0 Å². The molecule has 5 aromatic rings. The molecular weight excluding hydrogens is 478 g/mol. The van der Waals surface area contributed by atoms with Crippen LogP contribution in [0.25, 0.3) is 32.2 Å². The van der Waals surface area contributed by atoms with Crippen LogP contribution in [0.5, 0.6) is 0 Å². The van der Waals surface area contributed by atoms with Crippen molar-refractivity contribution in [3.05, 3.63) is 66.1 Å². The number of hydrogen-bond donors (Lipinski definition) is 1. The minimum absolute atomic E-state index is 0.0923. The van der Waals surface area contributed by atoms with E-state index in [1.54, 1.807) is 17.6 Å². The normalized spacial score (nSPS) is 11.3. The first-order chi connectivity index (χ1) is 17.0. The van der Waals surface area contributed by atoms with Crippen LogP contribution >= 0.6 is 23.1 Å². The maximum absolute atomic E-state index is 12.6. The van der Waals surface area contributed by atoms with Crippen molar-refractivity contribution in [3.63, 3.8) is 0 Å². The van der Waals surface area contributed by atoms with Crippen LogP contribution in [-0.2, 0) is 11.3 Å². The number of amides is 1. The predicted octanol–water partition coefficient (Wildman–Crippen LogP) is 6.57. The van der Waals surface area contributed by atoms with E-state index in [9.17, 15) is 4.79 Å². The van der Waals surface area contributed by atoms with Gasteiger partial charge in [0.15, 0.2) is 11.0 Å². The van der Waals surface area contributed by atoms with E-state index in [4.69, 9.17) is 9.40 Å². The van der Waals surface area contributed by atoms with Crippen LogP contribution in [0.4, 0.5) is 5.69 Å². The summed E-state index contributed by atoms with van der Waals surface area (Å²) in [5, 5.41) is 13.3. The van der Waals surface area contributed by atoms with Crippen molar-refractivity contribution in [2.75, 3.05) is 11.1 Å². The van der Waals surface area contributed by atoms with Gasteiger partial charge in [0, 0.05) is 17.8 Å². The number of aromatic nitrogens is 4. The lowest BCUT2D eigenvalue weighted by Crippen LogP contribution is -2.14. The standard InChI is InChI=1S/C26H25N5O2S2/c1-4-12-31-24(20-11-13-33-17(20)3)29-30-26(31)34-15-23(32)27-19-8-6-18(7-9-19)25-28-21-10-5-16(2)14-22(21)35-25/h5-11,13-14H,4,12,15H2,1-3H3,(H,27,32). The fraction of sp³-hybridized carbons (Fsp3) is 0.231. The Morgan fingerprint density at radius 3 is 2.69 bits per heavy atom. The SMILES string of the molecule is CCCn1c(SCC(=O)Nc2ccc(-c3nc4ccc(C)cc4s3)cc2)nnc1-c1ccoc1C. The van der Waals surface area contributed by atoms with Gasteiger partial charge in [-0.05, 0) is 68.3 Å². The molecule has 5 rings (SSSR count). The number of carbonyl (C=O) groups excluding carboxylic acids is 1. The van der Waals surface area contributed by atoms with E-state index in [-0.39, 0.29) is 11.7 Å². The van der Waals surface area contributed by atoms with Gasteiger partial charge in [-0.25, -0.2) is 4.98 Å². The molecule has 3 aromatic heterocycles. The fourth-order valence-electron chi connectivity index (χ4n) is 3.82. The first kappa shape index (κ1) is 23.3. The lowest BCUT2D eigenvalue weighted by molar-refractivity contribution is -0.113. The molecule has 0 aliphatic heterocycles. The van der Waals surface area contributed by atoms with Crippen molar-refractivity contribution in [2.45, 2.75) is 38.9 Å². The van der Waals surface area contributed by atoms with Crippen molar-refractivity contribution in [1.82, 2.24) is 19.7 Å². The van der Waals surface area contributed by atoms with E-state index < -0.39 is 0 Å². The summed E-state index contributed by atoms with van der Waals surface area (Å²) in [5.74, 6) is 1.71. The molecule has 2 aromatic carbocycles. The number of fused-ring (bicyclic) bond motifs is 1. The third kappa shape index (κ3) is 5.01. The molecule has 1 N–H and O–H groups in total. The smallest absolute Gasteiger partial charge is 0.234 e. The number of carbonyl (C=O) groups is 1. The number of nitrogens with one attached hydrogen (secondary N) is 1. The topological polar surface area (TPSA) is 85.8 Å². The first-order valence-corrected chi connectivity index (χ1v) is 13.2. The van der Waals surface area contributed by atoms with Crippen LogP contribution in [0.1, 0.15) is 24.7 Å². The molecule has 0 atom stereocenters. The number of thiazole rings is 1. The van der Waals surface area contributed by atoms with Gasteiger partial charge < -0.3 is 14.3 Å². The van der Waals surface area contributed by atoms with E-state index in [0.717, 1.165) is 57.0 Å². The van der Waals surface area contributed by atoms with Crippen molar-refractivity contribution in [3.8, 4) is 22.0 Å². The minimum atomic E-state index is -0.0923. The zero-order chi connectivity index (χ0) is 24.4. The number of aryl methyl sites for hydroxylation is 2. The van der Waals surface area contributed by atoms with Gasteiger partial charge in [-0.2, -0.15) is 0 Å². The molecule has 0 saturated carbocycles. The summed E-state index contributed by atoms with van der Waals surface area (Å²) in [6.07, 6.45) is 2.58. The third-order valence-electron chi connectivity index (χ3n) is 5.56. The fourth-order valence-corrected chi connectivity index (χ4v) is 5.65. The van der Waals surface area contributed by atoms with Crippen LogP contribution < -0.4 is 5.32 Å². The van der Waals surface area contributed by atoms with Crippen LogP contribution in [0.15, 0.2) is 64.4 Å². The van der Waals surface area contributed by atoms with E-state index >= 15 is 0 Å². The van der Waals surface area contributed by atoms with E-state index in [0.29, 0.717) is 0 Å². The summed E-state index contributed by atoms with van der Waals surface area (Å²) in [5.41, 5.74) is 4.94. The maximum atomic E-state index is 12.6. The number of thioether (sulfide) groups is 1. The average Bonchev–Trinajstić information content (AvgIpc) is 3.56. The molecule has 0 aliphatic carbocycles. The minimum Gasteiger partial charge on any atom is -0.469 e. The molecule has 0 spiro atoms. The second-order valence-electron chi connectivity index (χ2n) is 8.25. The Morgan fingerprint density at radius 1 is 1.11 bits per heavy atom. The Hall–Kier alpha value is -3.43. The molecule has 3 heterocycles. The molecule has 0 saturated heterocycles. The summed E-state index contributed by atoms with van der Waals surface area (Å²) in [6, 6.07) is 16.0. The van der Waals surface area contributed by atoms with Crippen molar-refractivity contribution in [2.24, 2.45) is 0 Å². The number of anilines is 1. The molecule has 0 bridgehead atoms. The number of nitrogens with zero attached hydrogens (tertiary/aromatic N) is 4. The average molecular weight is 504 g/mol. The van der Waals surface area contributed by atoms with Gasteiger partial charge in [-0.1, -0.05) is 24.8 Å². The zero-order valence-corrected chi connectivity index (χ0v) is 21.4. The summed E-state index contributed by atoms with van der Waals surface area (Å²) in [6.45, 7) is 6.86. The molecular formula is C26H25N5O2S2. The van der Waals surface area contributed by atoms with Crippen molar-refractivity contribution in [1.29, 1.82) is 0 Å². The van der Waals surface area contributed by atoms with Gasteiger partial charge in [0.2, 0.25) is 5.91 Å². The van der Waals surface area contributed by atoms with E-state index in [2.05, 4.69) is 47.6 Å². The van der Waals surface area contributed by atoms with Crippen LogP contribution in [0, 0.1) is 13.8 Å². The second-order valence-corrected chi connectivity index (χ2v) is 10.2. The first-order valence-electron chi connectivity index (χ1n) is 11.4. The quantitative estimate of drug-likeness (QED) is 0.241. The van der Waals surface area contributed by atoms with E-state index in [1.807, 2.05) is 41.8 Å². The van der Waals surface area contributed by atoms with Gasteiger partial charge in [0.25, 0.3) is 0 Å². The highest BCUT2D eigenvalue weighted by atomic mass is 32.2. The number of hydrogen-bond acceptors (Lipinski definition) is 7. The number of rotatable bonds is 8. The maximum Gasteiger partial charge on any atom is 0.234 e. The highest BCUT2D eigenvalue weighted by Gasteiger charge is 2.18. The number of benzene rings is 2. The van der Waals surface area contributed by atoms with Crippen molar-refractivity contribution >= 4 is 44.9 Å². The lowest BCUT2D eigenvalue weighted by Gasteiger charge is -2.09. The van der Waals surface area contributed by atoms with E-state index in [1.165, 1.54) is 22.0 Å². The van der Waals surface area contributed by atoms with Crippen LogP contribution in [-0.4, -0.2) is 31.4 Å². The summed E-state index contributed by atoms with van der Waals surface area (Å²) in [4.78, 5) is 17.4. The summed E-state index contributed by atoms with van der Waals surface area (Å²) in [7, 11) is 0. The van der Waals surface area contributed by atoms with Crippen LogP contribution in [0.3, 0.4) is 0 Å². The highest BCUT2D eigenvalue weighted by Crippen LogP contribution is 2.31. The number of furan rings is 1. The lowest BCUT2D eigenvalue weighted by atomic mass is 10.2. The molecule has 35 heavy (non-hydrogen) atoms. The van der Waals surface area contributed by atoms with Gasteiger partial charge in [-0.3, -0.25) is 4.79 Å². The van der Waals surface area contributed by atoms with Crippen molar-refractivity contribution < 1.29 is 9.21 Å². The largest absolute Gasteiger partial charge is 0.469 e. The molecule has 0 fully saturated rings. The molecule has 0 radical (unpaired) electrons. The zero-order valence-electron chi connectivity index (χ0n) is 19.7. The summed E-state index contributed by atoms with van der Waals surface area (Å²) < 4.78 is 8.65. The third-order valence-corrected chi connectivity index (χ3v) is 7.59. The molecule has 0 unspecified atom stereocenters. The molecule has 178 valence electrons. The highest BCUT2D eigenvalue weighted by molar-refractivity contribution is 7.99. The monoisotopic (exact) mass is 503 g/mol. The Bertz CT molecular complexity index is 1480. The Morgan fingerprint density at radius 2 is 1.94 bits per heavy atom. The molecule has 9 heteroatoms. The molecule has 7 nitrogen and oxygen atoms in total. The van der Waals surface area contributed by atoms with Gasteiger partial charge >= 0.3 is 0 Å². The second kappa shape index (κ2) is 10.1. The molecule has 1 amide bonds. The Balaban J connectivity index is 1.24. The van der Waals surface area contributed by atoms with Gasteiger partial charge in [-0.15, -0.1) is 21.5 Å². The Labute approximate surface area is 211 Å². The molecule has 0 aliphatic rings. The van der Waals surface area contributed by atoms with Gasteiger partial charge in [0.1, 0.15) is 10.8 Å². The predicted molar refractivity (Wildman–Crippen MR) is 142 cm³/mol.